The van der Waals surface area contributed by atoms with E-state index < -0.39 is 0 Å². The van der Waals surface area contributed by atoms with Crippen molar-refractivity contribution >= 4 is 5.91 Å². The molecule has 0 spiro atoms. The van der Waals surface area contributed by atoms with Crippen molar-refractivity contribution in [1.82, 2.24) is 5.32 Å². The number of carbonyl (C=O) groups is 1. The smallest absolute Gasteiger partial charge is 0.218 e. The molecule has 1 aliphatic rings. The van der Waals surface area contributed by atoms with Gasteiger partial charge in [0.05, 0.1) is 6.61 Å². The molecule has 1 aliphatic heterocycles. The van der Waals surface area contributed by atoms with Crippen molar-refractivity contribution in [3.05, 3.63) is 29.3 Å². The fraction of sp³-hybridized carbons (Fsp3) is 0.562. The second-order valence-corrected chi connectivity index (χ2v) is 6.48. The zero-order valence-corrected chi connectivity index (χ0v) is 12.5. The van der Waals surface area contributed by atoms with Gasteiger partial charge in [0.1, 0.15) is 5.75 Å². The lowest BCUT2D eigenvalue weighted by atomic mass is 9.89. The Hall–Kier alpha value is -1.55. The third-order valence-corrected chi connectivity index (χ3v) is 3.51. The maximum absolute atomic E-state index is 11.1. The topological polar surface area (TPSA) is 64.3 Å². The highest BCUT2D eigenvalue weighted by molar-refractivity contribution is 5.75. The number of amides is 1. The summed E-state index contributed by atoms with van der Waals surface area (Å²) in [4.78, 5) is 11.1. The Kier molecular flexibility index (Phi) is 4.33. The number of ether oxygens (including phenoxy) is 1. The van der Waals surface area contributed by atoms with E-state index in [9.17, 15) is 4.79 Å². The van der Waals surface area contributed by atoms with Gasteiger partial charge < -0.3 is 15.8 Å². The van der Waals surface area contributed by atoms with E-state index in [-0.39, 0.29) is 17.4 Å². The lowest BCUT2D eigenvalue weighted by molar-refractivity contribution is -0.118. The molecule has 4 heteroatoms. The number of nitrogens with two attached hydrogens (primary N) is 1. The first-order valence-electron chi connectivity index (χ1n) is 7.14. The molecule has 0 saturated heterocycles. The van der Waals surface area contributed by atoms with Gasteiger partial charge in [0.2, 0.25) is 5.91 Å². The van der Waals surface area contributed by atoms with E-state index in [1.807, 2.05) is 0 Å². The maximum atomic E-state index is 11.1. The summed E-state index contributed by atoms with van der Waals surface area (Å²) in [5.41, 5.74) is 7.70. The number of carbonyl (C=O) groups excluding carboxylic acids is 1. The highest BCUT2D eigenvalue weighted by Crippen LogP contribution is 2.36. The molecule has 1 amide bonds. The molecule has 1 heterocycles. The standard InChI is InChI=1S/C16H24N2O2/c1-16(2,3)18-10-11-4-5-13-12(9-15(17)19)6-7-20-14(13)8-11/h4-5,8,12,18H,6-7,9-10H2,1-3H3,(H2,17,19)/t12-/m1/s1. The van der Waals surface area contributed by atoms with Crippen molar-refractivity contribution < 1.29 is 9.53 Å². The van der Waals surface area contributed by atoms with Gasteiger partial charge in [-0.1, -0.05) is 12.1 Å². The van der Waals surface area contributed by atoms with Gasteiger partial charge >= 0.3 is 0 Å². The Labute approximate surface area is 120 Å². The van der Waals surface area contributed by atoms with Crippen LogP contribution < -0.4 is 15.8 Å². The first kappa shape index (κ1) is 14.9. The number of hydrogen-bond acceptors (Lipinski definition) is 3. The van der Waals surface area contributed by atoms with Gasteiger partial charge in [0, 0.05) is 18.5 Å². The van der Waals surface area contributed by atoms with Crippen molar-refractivity contribution in [3.63, 3.8) is 0 Å². The summed E-state index contributed by atoms with van der Waals surface area (Å²) in [7, 11) is 0. The van der Waals surface area contributed by atoms with Crippen LogP contribution in [0.5, 0.6) is 5.75 Å². The summed E-state index contributed by atoms with van der Waals surface area (Å²) in [6.07, 6.45) is 1.26. The lowest BCUT2D eigenvalue weighted by Crippen LogP contribution is -2.35. The quantitative estimate of drug-likeness (QED) is 0.887. The Balaban J connectivity index is 2.12. The van der Waals surface area contributed by atoms with E-state index in [4.69, 9.17) is 10.5 Å². The van der Waals surface area contributed by atoms with Crippen LogP contribution in [-0.2, 0) is 11.3 Å². The molecule has 1 aromatic rings. The van der Waals surface area contributed by atoms with Gasteiger partial charge in [0.15, 0.2) is 0 Å². The molecule has 0 aliphatic carbocycles. The summed E-state index contributed by atoms with van der Waals surface area (Å²) < 4.78 is 5.73. The molecular formula is C16H24N2O2. The molecule has 3 N–H and O–H groups in total. The van der Waals surface area contributed by atoms with E-state index in [1.54, 1.807) is 0 Å². The molecule has 1 atom stereocenters. The maximum Gasteiger partial charge on any atom is 0.218 e. The molecule has 4 nitrogen and oxygen atoms in total. The van der Waals surface area contributed by atoms with Gasteiger partial charge in [-0.05, 0) is 50.3 Å². The molecule has 2 rings (SSSR count). The number of hydrogen-bond donors (Lipinski definition) is 2. The number of benzene rings is 1. The van der Waals surface area contributed by atoms with Crippen molar-refractivity contribution in [1.29, 1.82) is 0 Å². The predicted molar refractivity (Wildman–Crippen MR) is 79.7 cm³/mol. The van der Waals surface area contributed by atoms with Gasteiger partial charge in [-0.3, -0.25) is 4.79 Å². The molecule has 0 bridgehead atoms. The van der Waals surface area contributed by atoms with E-state index in [1.165, 1.54) is 5.56 Å². The van der Waals surface area contributed by atoms with Gasteiger partial charge in [-0.25, -0.2) is 0 Å². The van der Waals surface area contributed by atoms with E-state index in [0.717, 1.165) is 24.3 Å². The van der Waals surface area contributed by atoms with Crippen LogP contribution in [0.15, 0.2) is 18.2 Å². The average Bonchev–Trinajstić information content (AvgIpc) is 2.35. The number of nitrogens with one attached hydrogen (secondary N) is 1. The Morgan fingerprint density at radius 2 is 2.20 bits per heavy atom. The van der Waals surface area contributed by atoms with Crippen LogP contribution in [0.2, 0.25) is 0 Å². The van der Waals surface area contributed by atoms with Crippen LogP contribution >= 0.6 is 0 Å². The highest BCUT2D eigenvalue weighted by atomic mass is 16.5. The van der Waals surface area contributed by atoms with Crippen molar-refractivity contribution in [2.24, 2.45) is 5.73 Å². The number of primary amides is 1. The molecular weight excluding hydrogens is 252 g/mol. The first-order chi connectivity index (χ1) is 9.35. The van der Waals surface area contributed by atoms with Crippen LogP contribution in [-0.4, -0.2) is 18.1 Å². The average molecular weight is 276 g/mol. The minimum absolute atomic E-state index is 0.0886. The second kappa shape index (κ2) is 5.83. The first-order valence-corrected chi connectivity index (χ1v) is 7.14. The molecule has 110 valence electrons. The minimum Gasteiger partial charge on any atom is -0.493 e. The fourth-order valence-electron chi connectivity index (χ4n) is 2.44. The number of fused-ring (bicyclic) bond motifs is 1. The van der Waals surface area contributed by atoms with Gasteiger partial charge in [-0.15, -0.1) is 0 Å². The van der Waals surface area contributed by atoms with Crippen LogP contribution in [0.3, 0.4) is 0 Å². The fourth-order valence-corrected chi connectivity index (χ4v) is 2.44. The summed E-state index contributed by atoms with van der Waals surface area (Å²) in [6.45, 7) is 7.89. The molecule has 1 aromatic carbocycles. The Morgan fingerprint density at radius 1 is 1.45 bits per heavy atom. The summed E-state index contributed by atoms with van der Waals surface area (Å²) in [6, 6.07) is 6.24. The van der Waals surface area contributed by atoms with E-state index in [0.29, 0.717) is 13.0 Å². The van der Waals surface area contributed by atoms with Crippen LogP contribution in [0.1, 0.15) is 50.7 Å². The van der Waals surface area contributed by atoms with Gasteiger partial charge in [0.25, 0.3) is 0 Å². The third-order valence-electron chi connectivity index (χ3n) is 3.51. The molecule has 0 fully saturated rings. The number of rotatable bonds is 4. The van der Waals surface area contributed by atoms with Crippen LogP contribution in [0.4, 0.5) is 0 Å². The normalized spacial score (nSPS) is 18.2. The molecule has 0 aromatic heterocycles. The lowest BCUT2D eigenvalue weighted by Gasteiger charge is -2.26. The van der Waals surface area contributed by atoms with Crippen molar-refractivity contribution in [3.8, 4) is 5.75 Å². The minimum atomic E-state index is -0.249. The molecule has 0 radical (unpaired) electrons. The van der Waals surface area contributed by atoms with Crippen LogP contribution in [0.25, 0.3) is 0 Å². The van der Waals surface area contributed by atoms with Gasteiger partial charge in [-0.2, -0.15) is 0 Å². The zero-order chi connectivity index (χ0) is 14.8. The molecule has 0 saturated carbocycles. The van der Waals surface area contributed by atoms with Crippen LogP contribution in [0, 0.1) is 0 Å². The SMILES string of the molecule is CC(C)(C)NCc1ccc2c(c1)OCC[C@@H]2CC(N)=O. The summed E-state index contributed by atoms with van der Waals surface area (Å²) >= 11 is 0. The van der Waals surface area contributed by atoms with E-state index in [2.05, 4.69) is 44.3 Å². The summed E-state index contributed by atoms with van der Waals surface area (Å²) in [5.74, 6) is 0.845. The highest BCUT2D eigenvalue weighted by Gasteiger charge is 2.23. The van der Waals surface area contributed by atoms with E-state index >= 15 is 0 Å². The largest absolute Gasteiger partial charge is 0.493 e. The molecule has 20 heavy (non-hydrogen) atoms. The van der Waals surface area contributed by atoms with Crippen molar-refractivity contribution in [2.45, 2.75) is 51.6 Å². The van der Waals surface area contributed by atoms with Crippen molar-refractivity contribution in [2.75, 3.05) is 6.61 Å². The second-order valence-electron chi connectivity index (χ2n) is 6.48. The third kappa shape index (κ3) is 3.97. The predicted octanol–water partition coefficient (Wildman–Crippen LogP) is 2.32. The molecule has 0 unspecified atom stereocenters. The monoisotopic (exact) mass is 276 g/mol. The Morgan fingerprint density at radius 3 is 2.85 bits per heavy atom. The summed E-state index contributed by atoms with van der Waals surface area (Å²) in [5, 5.41) is 3.46. The Bertz CT molecular complexity index is 492. The zero-order valence-electron chi connectivity index (χ0n) is 12.5.